The number of anilines is 1. The van der Waals surface area contributed by atoms with Crippen LogP contribution in [-0.4, -0.2) is 38.5 Å². The molecule has 0 fully saturated rings. The van der Waals surface area contributed by atoms with E-state index in [-0.39, 0.29) is 5.91 Å². The van der Waals surface area contributed by atoms with E-state index in [0.29, 0.717) is 24.6 Å². The first-order valence-electron chi connectivity index (χ1n) is 9.55. The summed E-state index contributed by atoms with van der Waals surface area (Å²) in [6.07, 6.45) is 6.20. The van der Waals surface area contributed by atoms with Crippen molar-refractivity contribution in [3.63, 3.8) is 0 Å². The van der Waals surface area contributed by atoms with Crippen LogP contribution in [0, 0.1) is 6.92 Å². The second-order valence-electron chi connectivity index (χ2n) is 6.74. The van der Waals surface area contributed by atoms with E-state index in [1.54, 1.807) is 12.4 Å². The summed E-state index contributed by atoms with van der Waals surface area (Å²) in [6.45, 7) is 3.23. The zero-order chi connectivity index (χ0) is 20.1. The lowest BCUT2D eigenvalue weighted by molar-refractivity contribution is 0.0953. The maximum Gasteiger partial charge on any atom is 0.251 e. The van der Waals surface area contributed by atoms with Gasteiger partial charge in [-0.2, -0.15) is 4.98 Å². The Hall–Kier alpha value is -3.74. The van der Waals surface area contributed by atoms with E-state index < -0.39 is 0 Å². The molecule has 0 saturated carbocycles. The van der Waals surface area contributed by atoms with Gasteiger partial charge in [-0.25, -0.2) is 9.97 Å². The van der Waals surface area contributed by atoms with E-state index in [2.05, 4.69) is 25.6 Å². The molecule has 146 valence electrons. The average molecular weight is 386 g/mol. The number of nitrogens with one attached hydrogen (secondary N) is 2. The smallest absolute Gasteiger partial charge is 0.251 e. The van der Waals surface area contributed by atoms with Gasteiger partial charge in [0.2, 0.25) is 5.95 Å². The molecule has 29 heavy (non-hydrogen) atoms. The number of nitrogens with zero attached hydrogens (tertiary/aromatic N) is 4. The summed E-state index contributed by atoms with van der Waals surface area (Å²) in [5, 5.41) is 7.20. The second kappa shape index (κ2) is 8.52. The normalized spacial score (nSPS) is 10.8. The molecular formula is C22H22N6O. The molecule has 0 saturated heterocycles. The largest absolute Gasteiger partial charge is 0.354 e. The summed E-state index contributed by atoms with van der Waals surface area (Å²) >= 11 is 0. The third kappa shape index (κ3) is 4.40. The highest BCUT2D eigenvalue weighted by atomic mass is 16.1. The molecular weight excluding hydrogens is 364 g/mol. The van der Waals surface area contributed by atoms with Gasteiger partial charge in [0.1, 0.15) is 11.5 Å². The number of aromatic nitrogens is 4. The predicted octanol–water partition coefficient (Wildman–Crippen LogP) is 3.36. The topological polar surface area (TPSA) is 84.7 Å². The van der Waals surface area contributed by atoms with E-state index >= 15 is 0 Å². The predicted molar refractivity (Wildman–Crippen MR) is 113 cm³/mol. The third-order valence-corrected chi connectivity index (χ3v) is 4.57. The molecule has 0 radical (unpaired) electrons. The van der Waals surface area contributed by atoms with E-state index in [1.807, 2.05) is 66.2 Å². The summed E-state index contributed by atoms with van der Waals surface area (Å²) in [5.41, 5.74) is 2.67. The van der Waals surface area contributed by atoms with Crippen molar-refractivity contribution in [3.05, 3.63) is 78.2 Å². The van der Waals surface area contributed by atoms with Gasteiger partial charge < -0.3 is 10.6 Å². The number of rotatable bonds is 7. The van der Waals surface area contributed by atoms with Gasteiger partial charge in [0.25, 0.3) is 5.91 Å². The number of hydrogen-bond donors (Lipinski definition) is 2. The standard InChI is InChI=1S/C22H22N6O/c1-16-5-7-18(8-6-16)21(29)24-12-3-13-25-22-26-14-9-19(27-22)28-15-10-17-4-2-11-23-20(17)28/h2,4-11,14-15H,3,12-13H2,1H3,(H,24,29)(H,25,26,27). The minimum atomic E-state index is -0.0600. The number of carbonyl (C=O) groups excluding carboxylic acids is 1. The van der Waals surface area contributed by atoms with Gasteiger partial charge in [-0.15, -0.1) is 0 Å². The highest BCUT2D eigenvalue weighted by Crippen LogP contribution is 2.17. The van der Waals surface area contributed by atoms with E-state index in [1.165, 1.54) is 0 Å². The summed E-state index contributed by atoms with van der Waals surface area (Å²) in [7, 11) is 0. The van der Waals surface area contributed by atoms with Gasteiger partial charge >= 0.3 is 0 Å². The molecule has 0 aliphatic rings. The Balaban J connectivity index is 1.30. The van der Waals surface area contributed by atoms with Crippen molar-refractivity contribution in [2.45, 2.75) is 13.3 Å². The van der Waals surface area contributed by atoms with Gasteiger partial charge in [-0.1, -0.05) is 17.7 Å². The van der Waals surface area contributed by atoms with E-state index in [0.717, 1.165) is 28.8 Å². The van der Waals surface area contributed by atoms with Crippen LogP contribution >= 0.6 is 0 Å². The Kier molecular flexibility index (Phi) is 5.47. The molecule has 2 N–H and O–H groups in total. The minimum absolute atomic E-state index is 0.0600. The Labute approximate surface area is 168 Å². The fourth-order valence-corrected chi connectivity index (χ4v) is 3.02. The Morgan fingerprint density at radius 1 is 1.00 bits per heavy atom. The fraction of sp³-hybridized carbons (Fsp3) is 0.182. The minimum Gasteiger partial charge on any atom is -0.354 e. The summed E-state index contributed by atoms with van der Waals surface area (Å²) in [5.74, 6) is 1.24. The first-order chi connectivity index (χ1) is 14.2. The molecule has 3 aromatic heterocycles. The lowest BCUT2D eigenvalue weighted by Gasteiger charge is -2.09. The molecule has 0 aliphatic carbocycles. The highest BCUT2D eigenvalue weighted by Gasteiger charge is 2.07. The van der Waals surface area contributed by atoms with E-state index in [9.17, 15) is 4.79 Å². The van der Waals surface area contributed by atoms with Crippen LogP contribution in [0.1, 0.15) is 22.3 Å². The molecule has 0 atom stereocenters. The van der Waals surface area contributed by atoms with Gasteiger partial charge in [0.05, 0.1) is 0 Å². The summed E-state index contributed by atoms with van der Waals surface area (Å²) in [6, 6.07) is 15.3. The summed E-state index contributed by atoms with van der Waals surface area (Å²) in [4.78, 5) is 25.4. The third-order valence-electron chi connectivity index (χ3n) is 4.57. The molecule has 7 nitrogen and oxygen atoms in total. The van der Waals surface area contributed by atoms with Gasteiger partial charge in [0.15, 0.2) is 0 Å². The van der Waals surface area contributed by atoms with Crippen molar-refractivity contribution in [1.82, 2.24) is 24.8 Å². The molecule has 1 aromatic carbocycles. The van der Waals surface area contributed by atoms with Crippen LogP contribution in [0.2, 0.25) is 0 Å². The van der Waals surface area contributed by atoms with Crippen LogP contribution in [0.15, 0.2) is 67.1 Å². The fourth-order valence-electron chi connectivity index (χ4n) is 3.02. The first-order valence-corrected chi connectivity index (χ1v) is 9.55. The molecule has 0 bridgehead atoms. The number of pyridine rings is 1. The molecule has 1 amide bonds. The van der Waals surface area contributed by atoms with Crippen LogP contribution in [0.25, 0.3) is 16.9 Å². The number of amides is 1. The molecule has 3 heterocycles. The maximum atomic E-state index is 12.1. The number of hydrogen-bond acceptors (Lipinski definition) is 5. The van der Waals surface area contributed by atoms with Crippen molar-refractivity contribution in [2.24, 2.45) is 0 Å². The second-order valence-corrected chi connectivity index (χ2v) is 6.74. The number of fused-ring (bicyclic) bond motifs is 1. The average Bonchev–Trinajstić information content (AvgIpc) is 3.18. The Morgan fingerprint density at radius 2 is 1.86 bits per heavy atom. The summed E-state index contributed by atoms with van der Waals surface area (Å²) < 4.78 is 1.93. The van der Waals surface area contributed by atoms with Crippen LogP contribution in [0.4, 0.5) is 5.95 Å². The SMILES string of the molecule is Cc1ccc(C(=O)NCCCNc2nccc(-n3ccc4cccnc43)n2)cc1. The van der Waals surface area contributed by atoms with Crippen LogP contribution in [-0.2, 0) is 0 Å². The zero-order valence-corrected chi connectivity index (χ0v) is 16.2. The van der Waals surface area contributed by atoms with E-state index in [4.69, 9.17) is 0 Å². The Morgan fingerprint density at radius 3 is 2.72 bits per heavy atom. The molecule has 0 unspecified atom stereocenters. The number of benzene rings is 1. The zero-order valence-electron chi connectivity index (χ0n) is 16.2. The maximum absolute atomic E-state index is 12.1. The lowest BCUT2D eigenvalue weighted by Crippen LogP contribution is -2.25. The lowest BCUT2D eigenvalue weighted by atomic mass is 10.1. The van der Waals surface area contributed by atoms with Crippen molar-refractivity contribution >= 4 is 22.9 Å². The van der Waals surface area contributed by atoms with Crippen LogP contribution < -0.4 is 10.6 Å². The molecule has 4 aromatic rings. The van der Waals surface area contributed by atoms with Crippen LogP contribution in [0.5, 0.6) is 0 Å². The van der Waals surface area contributed by atoms with Gasteiger partial charge in [-0.05, 0) is 49.7 Å². The van der Waals surface area contributed by atoms with Gasteiger partial charge in [-0.3, -0.25) is 9.36 Å². The molecule has 0 aliphatic heterocycles. The van der Waals surface area contributed by atoms with Gasteiger partial charge in [0, 0.05) is 42.6 Å². The van der Waals surface area contributed by atoms with Crippen LogP contribution in [0.3, 0.4) is 0 Å². The highest BCUT2D eigenvalue weighted by molar-refractivity contribution is 5.94. The Bertz CT molecular complexity index is 1120. The van der Waals surface area contributed by atoms with Crippen molar-refractivity contribution < 1.29 is 4.79 Å². The molecule has 7 heteroatoms. The van der Waals surface area contributed by atoms with Crippen molar-refractivity contribution in [2.75, 3.05) is 18.4 Å². The quantitative estimate of drug-likeness (QED) is 0.476. The molecule has 4 rings (SSSR count). The number of carbonyl (C=O) groups is 1. The molecule has 0 spiro atoms. The number of aryl methyl sites for hydroxylation is 1. The van der Waals surface area contributed by atoms with Crippen molar-refractivity contribution in [1.29, 1.82) is 0 Å². The van der Waals surface area contributed by atoms with Crippen molar-refractivity contribution in [3.8, 4) is 5.82 Å². The monoisotopic (exact) mass is 386 g/mol. The first kappa shape index (κ1) is 18.6.